The monoisotopic (exact) mass is 217 g/mol. The fraction of sp³-hybridized carbons (Fsp3) is 0.231. The van der Waals surface area contributed by atoms with Crippen molar-refractivity contribution in [1.82, 2.24) is 0 Å². The molecular formula is C13H15NO2. The number of anilines is 1. The van der Waals surface area contributed by atoms with Crippen LogP contribution in [-0.2, 0) is 17.9 Å². The van der Waals surface area contributed by atoms with E-state index in [1.165, 1.54) is 0 Å². The summed E-state index contributed by atoms with van der Waals surface area (Å²) in [5, 5.41) is 3.30. The van der Waals surface area contributed by atoms with Crippen LogP contribution in [0.3, 0.4) is 0 Å². The first kappa shape index (κ1) is 10.8. The van der Waals surface area contributed by atoms with Gasteiger partial charge in [0.05, 0.1) is 19.4 Å². The normalized spacial score (nSPS) is 10.3. The Labute approximate surface area is 95.0 Å². The van der Waals surface area contributed by atoms with Crippen molar-refractivity contribution in [2.45, 2.75) is 13.2 Å². The average Bonchev–Trinajstić information content (AvgIpc) is 2.80. The van der Waals surface area contributed by atoms with E-state index in [0.717, 1.165) is 17.0 Å². The summed E-state index contributed by atoms with van der Waals surface area (Å²) in [7, 11) is 1.70. The van der Waals surface area contributed by atoms with Gasteiger partial charge in [-0.25, -0.2) is 0 Å². The number of methoxy groups -OCH3 is 1. The molecule has 0 aliphatic carbocycles. The quantitative estimate of drug-likeness (QED) is 0.835. The Balaban J connectivity index is 1.96. The van der Waals surface area contributed by atoms with Gasteiger partial charge >= 0.3 is 0 Å². The molecule has 16 heavy (non-hydrogen) atoms. The SMILES string of the molecule is COCc1cccc(NCc2ccco2)c1. The molecule has 0 saturated heterocycles. The molecule has 84 valence electrons. The third-order valence-corrected chi connectivity index (χ3v) is 2.28. The zero-order valence-corrected chi connectivity index (χ0v) is 9.27. The number of nitrogens with one attached hydrogen (secondary N) is 1. The fourth-order valence-corrected chi connectivity index (χ4v) is 1.54. The van der Waals surface area contributed by atoms with Crippen molar-refractivity contribution in [3.8, 4) is 0 Å². The van der Waals surface area contributed by atoms with E-state index in [4.69, 9.17) is 9.15 Å². The lowest BCUT2D eigenvalue weighted by Crippen LogP contribution is -1.98. The van der Waals surface area contributed by atoms with Crippen LogP contribution in [-0.4, -0.2) is 7.11 Å². The zero-order valence-electron chi connectivity index (χ0n) is 9.27. The van der Waals surface area contributed by atoms with E-state index < -0.39 is 0 Å². The van der Waals surface area contributed by atoms with Gasteiger partial charge in [0, 0.05) is 12.8 Å². The molecule has 1 aromatic heterocycles. The summed E-state index contributed by atoms with van der Waals surface area (Å²) >= 11 is 0. The molecule has 1 N–H and O–H groups in total. The third-order valence-electron chi connectivity index (χ3n) is 2.28. The predicted molar refractivity (Wildman–Crippen MR) is 63.2 cm³/mol. The Morgan fingerprint density at radius 1 is 1.25 bits per heavy atom. The minimum absolute atomic E-state index is 0.635. The molecule has 2 rings (SSSR count). The van der Waals surface area contributed by atoms with Gasteiger partial charge in [-0.15, -0.1) is 0 Å². The topological polar surface area (TPSA) is 34.4 Å². The molecule has 0 atom stereocenters. The van der Waals surface area contributed by atoms with Crippen molar-refractivity contribution < 1.29 is 9.15 Å². The summed E-state index contributed by atoms with van der Waals surface area (Å²) in [4.78, 5) is 0. The summed E-state index contributed by atoms with van der Waals surface area (Å²) in [6.45, 7) is 1.33. The smallest absolute Gasteiger partial charge is 0.122 e. The van der Waals surface area contributed by atoms with Crippen LogP contribution in [0.25, 0.3) is 0 Å². The number of hydrogen-bond acceptors (Lipinski definition) is 3. The molecule has 0 fully saturated rings. The number of benzene rings is 1. The first-order chi connectivity index (χ1) is 7.88. The van der Waals surface area contributed by atoms with E-state index >= 15 is 0 Å². The molecule has 1 heterocycles. The van der Waals surface area contributed by atoms with Gasteiger partial charge in [-0.2, -0.15) is 0 Å². The molecule has 0 saturated carbocycles. The van der Waals surface area contributed by atoms with Gasteiger partial charge in [-0.1, -0.05) is 12.1 Å². The molecule has 2 aromatic rings. The van der Waals surface area contributed by atoms with Gasteiger partial charge in [0.2, 0.25) is 0 Å². The lowest BCUT2D eigenvalue weighted by molar-refractivity contribution is 0.185. The van der Waals surface area contributed by atoms with Gasteiger partial charge in [-0.3, -0.25) is 0 Å². The highest BCUT2D eigenvalue weighted by molar-refractivity contribution is 5.45. The maximum atomic E-state index is 5.25. The van der Waals surface area contributed by atoms with E-state index in [-0.39, 0.29) is 0 Å². The van der Waals surface area contributed by atoms with Crippen LogP contribution in [0, 0.1) is 0 Å². The van der Waals surface area contributed by atoms with Crippen molar-refractivity contribution >= 4 is 5.69 Å². The van der Waals surface area contributed by atoms with Crippen molar-refractivity contribution in [3.63, 3.8) is 0 Å². The zero-order chi connectivity index (χ0) is 11.2. The van der Waals surface area contributed by atoms with E-state index in [1.54, 1.807) is 13.4 Å². The van der Waals surface area contributed by atoms with Crippen LogP contribution >= 0.6 is 0 Å². The van der Waals surface area contributed by atoms with Crippen LogP contribution in [0.4, 0.5) is 5.69 Å². The molecule has 0 aliphatic rings. The summed E-state index contributed by atoms with van der Waals surface area (Å²) in [6, 6.07) is 12.0. The van der Waals surface area contributed by atoms with Crippen LogP contribution in [0.15, 0.2) is 47.1 Å². The van der Waals surface area contributed by atoms with Gasteiger partial charge in [-0.05, 0) is 29.8 Å². The van der Waals surface area contributed by atoms with Crippen molar-refractivity contribution in [2.75, 3.05) is 12.4 Å². The highest BCUT2D eigenvalue weighted by atomic mass is 16.5. The minimum Gasteiger partial charge on any atom is -0.467 e. The summed E-state index contributed by atoms with van der Waals surface area (Å²) in [5.74, 6) is 0.928. The van der Waals surface area contributed by atoms with Gasteiger partial charge in [0.25, 0.3) is 0 Å². The number of furan rings is 1. The number of rotatable bonds is 5. The van der Waals surface area contributed by atoms with E-state index in [0.29, 0.717) is 13.2 Å². The standard InChI is InChI=1S/C13H15NO2/c1-15-10-11-4-2-5-12(8-11)14-9-13-6-3-7-16-13/h2-8,14H,9-10H2,1H3. The average molecular weight is 217 g/mol. The van der Waals surface area contributed by atoms with Crippen LogP contribution in [0.5, 0.6) is 0 Å². The van der Waals surface area contributed by atoms with Crippen molar-refractivity contribution in [3.05, 3.63) is 54.0 Å². The molecule has 0 radical (unpaired) electrons. The number of hydrogen-bond donors (Lipinski definition) is 1. The van der Waals surface area contributed by atoms with Gasteiger partial charge < -0.3 is 14.5 Å². The Hall–Kier alpha value is -1.74. The largest absolute Gasteiger partial charge is 0.467 e. The van der Waals surface area contributed by atoms with E-state index in [2.05, 4.69) is 11.4 Å². The minimum atomic E-state index is 0.635. The van der Waals surface area contributed by atoms with Crippen LogP contribution in [0.1, 0.15) is 11.3 Å². The second-order valence-electron chi connectivity index (χ2n) is 3.57. The first-order valence-corrected chi connectivity index (χ1v) is 5.22. The molecule has 3 nitrogen and oxygen atoms in total. The van der Waals surface area contributed by atoms with Crippen LogP contribution < -0.4 is 5.32 Å². The molecule has 0 spiro atoms. The van der Waals surface area contributed by atoms with Crippen molar-refractivity contribution in [1.29, 1.82) is 0 Å². The summed E-state index contributed by atoms with van der Waals surface area (Å²) in [5.41, 5.74) is 2.23. The maximum absolute atomic E-state index is 5.25. The second-order valence-corrected chi connectivity index (χ2v) is 3.57. The fourth-order valence-electron chi connectivity index (χ4n) is 1.54. The third kappa shape index (κ3) is 2.87. The maximum Gasteiger partial charge on any atom is 0.122 e. The van der Waals surface area contributed by atoms with E-state index in [9.17, 15) is 0 Å². The lowest BCUT2D eigenvalue weighted by Gasteiger charge is -2.06. The van der Waals surface area contributed by atoms with Crippen LogP contribution in [0.2, 0.25) is 0 Å². The Kier molecular flexibility index (Phi) is 3.62. The molecule has 0 bridgehead atoms. The Morgan fingerprint density at radius 2 is 2.19 bits per heavy atom. The summed E-state index contributed by atoms with van der Waals surface area (Å²) < 4.78 is 10.3. The first-order valence-electron chi connectivity index (χ1n) is 5.22. The second kappa shape index (κ2) is 5.37. The van der Waals surface area contributed by atoms with Gasteiger partial charge in [0.1, 0.15) is 5.76 Å². The van der Waals surface area contributed by atoms with E-state index in [1.807, 2.05) is 30.3 Å². The Morgan fingerprint density at radius 3 is 2.94 bits per heavy atom. The Bertz CT molecular complexity index is 423. The molecule has 0 amide bonds. The van der Waals surface area contributed by atoms with Crippen molar-refractivity contribution in [2.24, 2.45) is 0 Å². The highest BCUT2D eigenvalue weighted by Gasteiger charge is 1.97. The predicted octanol–water partition coefficient (Wildman–Crippen LogP) is 3.04. The molecule has 0 unspecified atom stereocenters. The number of ether oxygens (including phenoxy) is 1. The summed E-state index contributed by atoms with van der Waals surface area (Å²) in [6.07, 6.45) is 1.68. The molecular weight excluding hydrogens is 202 g/mol. The molecule has 1 aromatic carbocycles. The molecule has 3 heteroatoms. The molecule has 0 aliphatic heterocycles. The van der Waals surface area contributed by atoms with Gasteiger partial charge in [0.15, 0.2) is 0 Å². The lowest BCUT2D eigenvalue weighted by atomic mass is 10.2. The highest BCUT2D eigenvalue weighted by Crippen LogP contribution is 2.13.